The van der Waals surface area contributed by atoms with Crippen molar-refractivity contribution in [2.24, 2.45) is 5.92 Å². The zero-order valence-corrected chi connectivity index (χ0v) is 11.6. The van der Waals surface area contributed by atoms with Gasteiger partial charge in [-0.25, -0.2) is 9.59 Å². The topological polar surface area (TPSA) is 114 Å². The third kappa shape index (κ3) is 2.92. The van der Waals surface area contributed by atoms with Gasteiger partial charge in [0.05, 0.1) is 19.1 Å². The third-order valence-electron chi connectivity index (χ3n) is 2.41. The average Bonchev–Trinajstić information content (AvgIpc) is 2.75. The number of aromatic nitrogens is 2. The highest BCUT2D eigenvalue weighted by molar-refractivity contribution is 6.00. The molecule has 9 nitrogen and oxygen atoms in total. The van der Waals surface area contributed by atoms with Crippen molar-refractivity contribution in [3.05, 3.63) is 21.5 Å². The first kappa shape index (κ1) is 15.6. The van der Waals surface area contributed by atoms with Gasteiger partial charge in [-0.2, -0.15) is 5.10 Å². The van der Waals surface area contributed by atoms with Crippen molar-refractivity contribution in [3.8, 4) is 0 Å². The second-order valence-electron chi connectivity index (χ2n) is 4.36. The van der Waals surface area contributed by atoms with Crippen LogP contribution in [0.5, 0.6) is 0 Å². The van der Waals surface area contributed by atoms with E-state index < -0.39 is 28.2 Å². The van der Waals surface area contributed by atoms with Gasteiger partial charge in [-0.3, -0.25) is 14.8 Å². The van der Waals surface area contributed by atoms with Crippen molar-refractivity contribution in [2.45, 2.75) is 20.4 Å². The standard InChI is InChI=1S/C11H15N3O6/c1-6(2)5-13-9(11(16)20-4)8(14(17)18)7(12-13)10(15)19-3/h6H,5H2,1-4H3. The fourth-order valence-electron chi connectivity index (χ4n) is 1.64. The Labute approximate surface area is 114 Å². The van der Waals surface area contributed by atoms with E-state index in [1.54, 1.807) is 0 Å². The van der Waals surface area contributed by atoms with Gasteiger partial charge in [0, 0.05) is 6.54 Å². The summed E-state index contributed by atoms with van der Waals surface area (Å²) in [5, 5.41) is 14.9. The molecule has 0 saturated heterocycles. The zero-order valence-electron chi connectivity index (χ0n) is 11.6. The highest BCUT2D eigenvalue weighted by atomic mass is 16.6. The Morgan fingerprint density at radius 1 is 1.30 bits per heavy atom. The number of carbonyl (C=O) groups excluding carboxylic acids is 2. The highest BCUT2D eigenvalue weighted by Crippen LogP contribution is 2.25. The molecule has 0 aromatic carbocycles. The van der Waals surface area contributed by atoms with Crippen molar-refractivity contribution < 1.29 is 24.0 Å². The Hall–Kier alpha value is -2.45. The maximum atomic E-state index is 11.7. The number of methoxy groups -OCH3 is 2. The van der Waals surface area contributed by atoms with E-state index in [2.05, 4.69) is 14.6 Å². The molecule has 0 N–H and O–H groups in total. The van der Waals surface area contributed by atoms with Crippen LogP contribution in [0.1, 0.15) is 34.8 Å². The van der Waals surface area contributed by atoms with Crippen molar-refractivity contribution >= 4 is 17.6 Å². The highest BCUT2D eigenvalue weighted by Gasteiger charge is 2.37. The molecule has 9 heteroatoms. The van der Waals surface area contributed by atoms with Crippen molar-refractivity contribution in [3.63, 3.8) is 0 Å². The van der Waals surface area contributed by atoms with Gasteiger partial charge in [0.2, 0.25) is 11.4 Å². The van der Waals surface area contributed by atoms with Crippen LogP contribution in [0.25, 0.3) is 0 Å². The van der Waals surface area contributed by atoms with Crippen molar-refractivity contribution in [1.82, 2.24) is 9.78 Å². The van der Waals surface area contributed by atoms with Crippen LogP contribution in [-0.4, -0.2) is 40.9 Å². The van der Waals surface area contributed by atoms with E-state index in [9.17, 15) is 19.7 Å². The predicted octanol–water partition coefficient (Wildman–Crippen LogP) is 1.02. The Morgan fingerprint density at radius 2 is 1.85 bits per heavy atom. The van der Waals surface area contributed by atoms with E-state index in [0.29, 0.717) is 0 Å². The fourth-order valence-corrected chi connectivity index (χ4v) is 1.64. The molecule has 0 radical (unpaired) electrons. The zero-order chi connectivity index (χ0) is 15.4. The summed E-state index contributed by atoms with van der Waals surface area (Å²) in [6.45, 7) is 3.90. The normalized spacial score (nSPS) is 10.4. The van der Waals surface area contributed by atoms with Gasteiger partial charge in [0.15, 0.2) is 0 Å². The van der Waals surface area contributed by atoms with Crippen LogP contribution in [0.2, 0.25) is 0 Å². The van der Waals surface area contributed by atoms with E-state index in [1.807, 2.05) is 13.8 Å². The molecule has 0 fully saturated rings. The van der Waals surface area contributed by atoms with Crippen LogP contribution in [0.15, 0.2) is 0 Å². The lowest BCUT2D eigenvalue weighted by Gasteiger charge is -2.07. The van der Waals surface area contributed by atoms with Gasteiger partial charge in [0.25, 0.3) is 0 Å². The second-order valence-corrected chi connectivity index (χ2v) is 4.36. The SMILES string of the molecule is COC(=O)c1nn(CC(C)C)c(C(=O)OC)c1[N+](=O)[O-]. The van der Waals surface area contributed by atoms with Crippen LogP contribution in [0, 0.1) is 16.0 Å². The van der Waals surface area contributed by atoms with Crippen LogP contribution in [0.3, 0.4) is 0 Å². The molecule has 0 aliphatic heterocycles. The molecule has 0 atom stereocenters. The molecule has 1 heterocycles. The van der Waals surface area contributed by atoms with E-state index in [0.717, 1.165) is 18.9 Å². The largest absolute Gasteiger partial charge is 0.464 e. The first-order chi connectivity index (χ1) is 9.33. The lowest BCUT2D eigenvalue weighted by atomic mass is 10.2. The molecule has 1 aromatic heterocycles. The number of nitrogens with zero attached hydrogens (tertiary/aromatic N) is 3. The first-order valence-electron chi connectivity index (χ1n) is 5.75. The summed E-state index contributed by atoms with van der Waals surface area (Å²) in [6.07, 6.45) is 0. The van der Waals surface area contributed by atoms with Gasteiger partial charge in [0.1, 0.15) is 0 Å². The summed E-state index contributed by atoms with van der Waals surface area (Å²) in [6, 6.07) is 0. The predicted molar refractivity (Wildman–Crippen MR) is 66.4 cm³/mol. The number of hydrogen-bond donors (Lipinski definition) is 0. The molecule has 0 aliphatic carbocycles. The van der Waals surface area contributed by atoms with E-state index in [1.165, 1.54) is 0 Å². The van der Waals surface area contributed by atoms with Gasteiger partial charge >= 0.3 is 17.6 Å². The number of nitro groups is 1. The van der Waals surface area contributed by atoms with Crippen LogP contribution < -0.4 is 0 Å². The molecule has 0 saturated carbocycles. The van der Waals surface area contributed by atoms with E-state index >= 15 is 0 Å². The Bertz CT molecular complexity index is 549. The summed E-state index contributed by atoms with van der Waals surface area (Å²) in [5.41, 5.74) is -1.59. The van der Waals surface area contributed by atoms with Crippen LogP contribution in [0.4, 0.5) is 5.69 Å². The minimum absolute atomic E-state index is 0.0587. The number of carbonyl (C=O) groups is 2. The molecule has 0 unspecified atom stereocenters. The summed E-state index contributed by atoms with van der Waals surface area (Å²) in [5.74, 6) is -1.85. The number of ether oxygens (including phenoxy) is 2. The molecule has 1 rings (SSSR count). The maximum absolute atomic E-state index is 11.7. The molecule has 0 bridgehead atoms. The number of rotatable bonds is 5. The van der Waals surface area contributed by atoms with Crippen LogP contribution >= 0.6 is 0 Å². The fraction of sp³-hybridized carbons (Fsp3) is 0.545. The number of esters is 2. The van der Waals surface area contributed by atoms with Gasteiger partial charge in [-0.05, 0) is 5.92 Å². The molecule has 0 amide bonds. The van der Waals surface area contributed by atoms with Gasteiger partial charge < -0.3 is 9.47 Å². The molecule has 0 aliphatic rings. The Morgan fingerprint density at radius 3 is 2.25 bits per heavy atom. The van der Waals surface area contributed by atoms with Gasteiger partial charge in [-0.15, -0.1) is 0 Å². The molecule has 20 heavy (non-hydrogen) atoms. The van der Waals surface area contributed by atoms with Crippen molar-refractivity contribution in [1.29, 1.82) is 0 Å². The summed E-state index contributed by atoms with van der Waals surface area (Å²) >= 11 is 0. The summed E-state index contributed by atoms with van der Waals surface area (Å²) in [4.78, 5) is 33.5. The molecular formula is C11H15N3O6. The van der Waals surface area contributed by atoms with Gasteiger partial charge in [-0.1, -0.05) is 13.8 Å². The average molecular weight is 285 g/mol. The van der Waals surface area contributed by atoms with Crippen LogP contribution in [-0.2, 0) is 16.0 Å². The van der Waals surface area contributed by atoms with E-state index in [4.69, 9.17) is 0 Å². The second kappa shape index (κ2) is 6.13. The van der Waals surface area contributed by atoms with E-state index in [-0.39, 0.29) is 18.2 Å². The molecule has 0 spiro atoms. The quantitative estimate of drug-likeness (QED) is 0.450. The maximum Gasteiger partial charge on any atom is 0.365 e. The lowest BCUT2D eigenvalue weighted by Crippen LogP contribution is -2.16. The third-order valence-corrected chi connectivity index (χ3v) is 2.41. The lowest BCUT2D eigenvalue weighted by molar-refractivity contribution is -0.385. The smallest absolute Gasteiger partial charge is 0.365 e. The summed E-state index contributed by atoms with van der Waals surface area (Å²) in [7, 11) is 2.17. The summed E-state index contributed by atoms with van der Waals surface area (Å²) < 4.78 is 10.1. The Balaban J connectivity index is 3.55. The number of hydrogen-bond acceptors (Lipinski definition) is 7. The minimum Gasteiger partial charge on any atom is -0.464 e. The molecule has 1 aromatic rings. The Kier molecular flexibility index (Phi) is 4.78. The van der Waals surface area contributed by atoms with Crippen molar-refractivity contribution in [2.75, 3.05) is 14.2 Å². The monoisotopic (exact) mass is 285 g/mol. The minimum atomic E-state index is -0.982. The molecular weight excluding hydrogens is 270 g/mol. The first-order valence-corrected chi connectivity index (χ1v) is 5.75. The molecule has 110 valence electrons.